The predicted octanol–water partition coefficient (Wildman–Crippen LogP) is 0.384. The monoisotopic (exact) mass is 160 g/mol. The highest BCUT2D eigenvalue weighted by atomic mass is 16.3. The van der Waals surface area contributed by atoms with Crippen molar-refractivity contribution in [3.05, 3.63) is 0 Å². The number of aliphatic hydroxyl groups is 1. The third kappa shape index (κ3) is 3.70. The molecule has 0 aromatic heterocycles. The Morgan fingerprint density at radius 1 is 1.55 bits per heavy atom. The summed E-state index contributed by atoms with van der Waals surface area (Å²) in [6.07, 6.45) is 1.96. The normalized spacial score (nSPS) is 19.9. The Morgan fingerprint density at radius 3 is 2.09 bits per heavy atom. The van der Waals surface area contributed by atoms with Crippen molar-refractivity contribution in [2.24, 2.45) is 5.73 Å². The average Bonchev–Trinajstić information content (AvgIpc) is 1.79. The van der Waals surface area contributed by atoms with Crippen LogP contribution in [-0.2, 0) is 0 Å². The fourth-order valence-corrected chi connectivity index (χ4v) is 1.35. The van der Waals surface area contributed by atoms with Crippen molar-refractivity contribution in [1.29, 1.82) is 0 Å². The van der Waals surface area contributed by atoms with Gasteiger partial charge < -0.3 is 15.7 Å². The summed E-state index contributed by atoms with van der Waals surface area (Å²) in [5.74, 6) is 0. The molecule has 2 unspecified atom stereocenters. The molecule has 0 rings (SSSR count). The molecule has 0 saturated heterocycles. The van der Waals surface area contributed by atoms with Gasteiger partial charge in [0.25, 0.3) is 0 Å². The molecule has 11 heavy (non-hydrogen) atoms. The van der Waals surface area contributed by atoms with Crippen molar-refractivity contribution >= 4 is 0 Å². The van der Waals surface area contributed by atoms with E-state index in [0.717, 1.165) is 12.8 Å². The predicted molar refractivity (Wildman–Crippen MR) is 47.2 cm³/mol. The number of hydrogen-bond donors (Lipinski definition) is 2. The van der Waals surface area contributed by atoms with Gasteiger partial charge in [0.15, 0.2) is 0 Å². The second kappa shape index (κ2) is 4.04. The summed E-state index contributed by atoms with van der Waals surface area (Å²) in [5, 5.41) is 9.52. The first-order valence-electron chi connectivity index (χ1n) is 4.07. The Balaban J connectivity index is 4.10. The van der Waals surface area contributed by atoms with E-state index in [9.17, 15) is 5.11 Å². The van der Waals surface area contributed by atoms with Crippen molar-refractivity contribution in [2.45, 2.75) is 38.5 Å². The van der Waals surface area contributed by atoms with E-state index in [2.05, 4.69) is 6.92 Å². The maximum Gasteiger partial charge on any atom is 0.126 e. The number of hydrogen-bond acceptors (Lipinski definition) is 3. The minimum atomic E-state index is -1.08. The Kier molecular flexibility index (Phi) is 4.00. The van der Waals surface area contributed by atoms with E-state index in [1.54, 1.807) is 6.92 Å². The standard InChI is InChI=1S/C8H20N2O/c1-5-6-7(10(3)4)8(2,9)11/h7,11H,5-6,9H2,1-4H3. The van der Waals surface area contributed by atoms with Crippen LogP contribution in [0, 0.1) is 0 Å². The van der Waals surface area contributed by atoms with Crippen molar-refractivity contribution in [3.8, 4) is 0 Å². The van der Waals surface area contributed by atoms with Gasteiger partial charge >= 0.3 is 0 Å². The van der Waals surface area contributed by atoms with Crippen LogP contribution in [0.1, 0.15) is 26.7 Å². The smallest absolute Gasteiger partial charge is 0.126 e. The maximum atomic E-state index is 9.52. The van der Waals surface area contributed by atoms with Gasteiger partial charge in [0, 0.05) is 0 Å². The zero-order chi connectivity index (χ0) is 9.07. The van der Waals surface area contributed by atoms with E-state index in [1.165, 1.54) is 0 Å². The Hall–Kier alpha value is -0.120. The number of nitrogens with zero attached hydrogens (tertiary/aromatic N) is 1. The summed E-state index contributed by atoms with van der Waals surface area (Å²) in [7, 11) is 3.86. The lowest BCUT2D eigenvalue weighted by atomic mass is 10.0. The van der Waals surface area contributed by atoms with Crippen LogP contribution in [0.15, 0.2) is 0 Å². The van der Waals surface area contributed by atoms with E-state index in [1.807, 2.05) is 19.0 Å². The molecule has 0 aliphatic rings. The third-order valence-electron chi connectivity index (χ3n) is 1.86. The first kappa shape index (κ1) is 10.9. The van der Waals surface area contributed by atoms with Crippen LogP contribution in [-0.4, -0.2) is 35.9 Å². The number of rotatable bonds is 4. The maximum absolute atomic E-state index is 9.52. The van der Waals surface area contributed by atoms with Gasteiger partial charge in [-0.15, -0.1) is 0 Å². The second-order valence-corrected chi connectivity index (χ2v) is 3.49. The zero-order valence-electron chi connectivity index (χ0n) is 7.96. The largest absolute Gasteiger partial charge is 0.375 e. The lowest BCUT2D eigenvalue weighted by Crippen LogP contribution is -2.54. The molecular weight excluding hydrogens is 140 g/mol. The molecule has 0 radical (unpaired) electrons. The fourth-order valence-electron chi connectivity index (χ4n) is 1.35. The molecule has 0 saturated carbocycles. The molecule has 2 atom stereocenters. The van der Waals surface area contributed by atoms with Crippen molar-refractivity contribution in [3.63, 3.8) is 0 Å². The van der Waals surface area contributed by atoms with Crippen LogP contribution in [0.2, 0.25) is 0 Å². The van der Waals surface area contributed by atoms with Crippen LogP contribution in [0.25, 0.3) is 0 Å². The molecule has 0 aliphatic heterocycles. The number of nitrogens with two attached hydrogens (primary N) is 1. The topological polar surface area (TPSA) is 49.5 Å². The van der Waals surface area contributed by atoms with Gasteiger partial charge in [-0.05, 0) is 27.4 Å². The molecule has 3 N–H and O–H groups in total. The first-order valence-corrected chi connectivity index (χ1v) is 4.07. The van der Waals surface area contributed by atoms with Crippen molar-refractivity contribution < 1.29 is 5.11 Å². The summed E-state index contributed by atoms with van der Waals surface area (Å²) in [4.78, 5) is 1.96. The van der Waals surface area contributed by atoms with Gasteiger partial charge in [-0.2, -0.15) is 0 Å². The van der Waals surface area contributed by atoms with E-state index >= 15 is 0 Å². The summed E-state index contributed by atoms with van der Waals surface area (Å²) >= 11 is 0. The lowest BCUT2D eigenvalue weighted by molar-refractivity contribution is -0.0163. The zero-order valence-corrected chi connectivity index (χ0v) is 7.96. The van der Waals surface area contributed by atoms with E-state index in [0.29, 0.717) is 0 Å². The van der Waals surface area contributed by atoms with E-state index < -0.39 is 5.72 Å². The van der Waals surface area contributed by atoms with Gasteiger partial charge in [-0.1, -0.05) is 13.3 Å². The quantitative estimate of drug-likeness (QED) is 0.585. The molecule has 0 amide bonds. The molecule has 0 fully saturated rings. The fraction of sp³-hybridized carbons (Fsp3) is 1.00. The molecule has 0 aliphatic carbocycles. The first-order chi connectivity index (χ1) is 4.89. The molecule has 3 heteroatoms. The minimum absolute atomic E-state index is 0.0486. The van der Waals surface area contributed by atoms with Gasteiger partial charge in [0.2, 0.25) is 0 Å². The summed E-state index contributed by atoms with van der Waals surface area (Å²) in [5.41, 5.74) is 4.50. The van der Waals surface area contributed by atoms with Gasteiger partial charge in [0.1, 0.15) is 5.72 Å². The molecule has 68 valence electrons. The average molecular weight is 160 g/mol. The van der Waals surface area contributed by atoms with Crippen LogP contribution < -0.4 is 5.73 Å². The van der Waals surface area contributed by atoms with Crippen LogP contribution >= 0.6 is 0 Å². The molecule has 0 spiro atoms. The molecule has 3 nitrogen and oxygen atoms in total. The molecule has 0 bridgehead atoms. The van der Waals surface area contributed by atoms with Crippen molar-refractivity contribution in [2.75, 3.05) is 14.1 Å². The van der Waals surface area contributed by atoms with Gasteiger partial charge in [0.05, 0.1) is 6.04 Å². The highest BCUT2D eigenvalue weighted by Gasteiger charge is 2.27. The lowest BCUT2D eigenvalue weighted by Gasteiger charge is -2.34. The van der Waals surface area contributed by atoms with E-state index in [-0.39, 0.29) is 6.04 Å². The summed E-state index contributed by atoms with van der Waals surface area (Å²) in [6.45, 7) is 3.73. The molecule has 0 aromatic rings. The SMILES string of the molecule is CCCC(N(C)C)C(C)(N)O. The van der Waals surface area contributed by atoms with Crippen LogP contribution in [0.4, 0.5) is 0 Å². The Labute approximate surface area is 69.2 Å². The van der Waals surface area contributed by atoms with Gasteiger partial charge in [-0.3, -0.25) is 0 Å². The van der Waals surface area contributed by atoms with E-state index in [4.69, 9.17) is 5.73 Å². The van der Waals surface area contributed by atoms with Crippen molar-refractivity contribution in [1.82, 2.24) is 4.90 Å². The molecule has 0 heterocycles. The summed E-state index contributed by atoms with van der Waals surface area (Å²) < 4.78 is 0. The third-order valence-corrected chi connectivity index (χ3v) is 1.86. The highest BCUT2D eigenvalue weighted by Crippen LogP contribution is 2.13. The highest BCUT2D eigenvalue weighted by molar-refractivity contribution is 4.81. The number of likely N-dealkylation sites (N-methyl/N-ethyl adjacent to an activating group) is 1. The molecule has 0 aromatic carbocycles. The Morgan fingerprint density at radius 2 is 2.00 bits per heavy atom. The van der Waals surface area contributed by atoms with Gasteiger partial charge in [-0.25, -0.2) is 0 Å². The summed E-state index contributed by atoms with van der Waals surface area (Å²) in [6, 6.07) is 0.0486. The minimum Gasteiger partial charge on any atom is -0.375 e. The van der Waals surface area contributed by atoms with Crippen LogP contribution in [0.5, 0.6) is 0 Å². The Bertz CT molecular complexity index is 107. The molecular formula is C8H20N2O. The van der Waals surface area contributed by atoms with Crippen LogP contribution in [0.3, 0.4) is 0 Å². The second-order valence-electron chi connectivity index (χ2n) is 3.49.